The number of aryl methyl sites for hydroxylation is 1. The first kappa shape index (κ1) is 13.5. The lowest BCUT2D eigenvalue weighted by Gasteiger charge is -2.23. The zero-order valence-electron chi connectivity index (χ0n) is 11.2. The summed E-state index contributed by atoms with van der Waals surface area (Å²) in [6, 6.07) is 5.99. The number of carbonyl (C=O) groups is 1. The second kappa shape index (κ2) is 4.79. The van der Waals surface area contributed by atoms with E-state index in [0.29, 0.717) is 5.75 Å². The van der Waals surface area contributed by atoms with Crippen LogP contribution in [-0.2, 0) is 4.79 Å². The SMILES string of the molecule is Cc1ccc2nc(SCC(N)(C(=O)O)C3CC3)[nH]c2c1. The summed E-state index contributed by atoms with van der Waals surface area (Å²) in [5, 5.41) is 10.1. The molecule has 0 saturated heterocycles. The van der Waals surface area contributed by atoms with Crippen LogP contribution in [0.1, 0.15) is 18.4 Å². The van der Waals surface area contributed by atoms with E-state index in [0.717, 1.165) is 34.6 Å². The zero-order valence-corrected chi connectivity index (χ0v) is 12.0. The summed E-state index contributed by atoms with van der Waals surface area (Å²) >= 11 is 1.38. The van der Waals surface area contributed by atoms with Gasteiger partial charge >= 0.3 is 5.97 Å². The third kappa shape index (κ3) is 2.41. The predicted octanol–water partition coefficient (Wildman–Crippen LogP) is 2.16. The van der Waals surface area contributed by atoms with Crippen LogP contribution in [0.25, 0.3) is 11.0 Å². The molecule has 20 heavy (non-hydrogen) atoms. The van der Waals surface area contributed by atoms with Crippen molar-refractivity contribution in [3.8, 4) is 0 Å². The summed E-state index contributed by atoms with van der Waals surface area (Å²) in [5.74, 6) is -0.482. The molecule has 0 amide bonds. The van der Waals surface area contributed by atoms with E-state index in [1.165, 1.54) is 11.8 Å². The summed E-state index contributed by atoms with van der Waals surface area (Å²) < 4.78 is 0. The number of nitrogens with zero attached hydrogens (tertiary/aromatic N) is 1. The van der Waals surface area contributed by atoms with Crippen LogP contribution in [0.15, 0.2) is 23.4 Å². The second-order valence-corrected chi connectivity index (χ2v) is 6.44. The minimum atomic E-state index is -1.14. The molecule has 1 aromatic heterocycles. The first-order valence-corrected chi connectivity index (χ1v) is 7.59. The maximum absolute atomic E-state index is 11.4. The molecular formula is C14H17N3O2S. The molecule has 4 N–H and O–H groups in total. The Balaban J connectivity index is 1.77. The second-order valence-electron chi connectivity index (χ2n) is 5.47. The molecule has 6 heteroatoms. The van der Waals surface area contributed by atoms with Crippen molar-refractivity contribution >= 4 is 28.8 Å². The summed E-state index contributed by atoms with van der Waals surface area (Å²) in [5.41, 5.74) is 7.93. The van der Waals surface area contributed by atoms with Gasteiger partial charge in [0.15, 0.2) is 5.16 Å². The number of thioether (sulfide) groups is 1. The Bertz CT molecular complexity index is 665. The molecule has 0 aliphatic heterocycles. The molecule has 106 valence electrons. The highest BCUT2D eigenvalue weighted by molar-refractivity contribution is 7.99. The first-order chi connectivity index (χ1) is 9.49. The Labute approximate surface area is 121 Å². The number of benzene rings is 1. The molecule has 1 heterocycles. The fourth-order valence-corrected chi connectivity index (χ4v) is 3.39. The monoisotopic (exact) mass is 291 g/mol. The molecule has 0 radical (unpaired) electrons. The molecule has 1 aliphatic carbocycles. The van der Waals surface area contributed by atoms with Gasteiger partial charge in [-0.3, -0.25) is 4.79 Å². The summed E-state index contributed by atoms with van der Waals surface area (Å²) in [7, 11) is 0. The number of aromatic nitrogens is 2. The molecule has 1 fully saturated rings. The highest BCUT2D eigenvalue weighted by Gasteiger charge is 2.48. The van der Waals surface area contributed by atoms with Crippen molar-refractivity contribution in [3.05, 3.63) is 23.8 Å². The number of aromatic amines is 1. The largest absolute Gasteiger partial charge is 0.480 e. The molecular weight excluding hydrogens is 274 g/mol. The van der Waals surface area contributed by atoms with Gasteiger partial charge in [-0.15, -0.1) is 0 Å². The van der Waals surface area contributed by atoms with Crippen LogP contribution in [0.4, 0.5) is 0 Å². The topological polar surface area (TPSA) is 92.0 Å². The van der Waals surface area contributed by atoms with E-state index in [-0.39, 0.29) is 5.92 Å². The predicted molar refractivity (Wildman–Crippen MR) is 78.8 cm³/mol. The van der Waals surface area contributed by atoms with E-state index < -0.39 is 11.5 Å². The molecule has 1 unspecified atom stereocenters. The quantitative estimate of drug-likeness (QED) is 0.734. The third-order valence-corrected chi connectivity index (χ3v) is 4.86. The number of carboxylic acids is 1. The van der Waals surface area contributed by atoms with Crippen LogP contribution in [-0.4, -0.2) is 32.3 Å². The molecule has 1 saturated carbocycles. The number of aliphatic carboxylic acids is 1. The Morgan fingerprint density at radius 2 is 2.35 bits per heavy atom. The number of fused-ring (bicyclic) bond motifs is 1. The van der Waals surface area contributed by atoms with Crippen LogP contribution < -0.4 is 5.73 Å². The molecule has 2 aromatic rings. The minimum Gasteiger partial charge on any atom is -0.480 e. The lowest BCUT2D eigenvalue weighted by molar-refractivity contribution is -0.143. The van der Waals surface area contributed by atoms with Crippen molar-refractivity contribution in [1.29, 1.82) is 0 Å². The molecule has 3 rings (SSSR count). The summed E-state index contributed by atoms with van der Waals surface area (Å²) in [4.78, 5) is 19.0. The molecule has 1 aliphatic rings. The van der Waals surface area contributed by atoms with E-state index in [9.17, 15) is 9.90 Å². The number of nitrogens with one attached hydrogen (secondary N) is 1. The van der Waals surface area contributed by atoms with Crippen molar-refractivity contribution in [3.63, 3.8) is 0 Å². The maximum atomic E-state index is 11.4. The minimum absolute atomic E-state index is 0.0964. The maximum Gasteiger partial charge on any atom is 0.324 e. The fourth-order valence-electron chi connectivity index (χ4n) is 2.31. The number of hydrogen-bond donors (Lipinski definition) is 3. The van der Waals surface area contributed by atoms with Crippen molar-refractivity contribution in [1.82, 2.24) is 9.97 Å². The Morgan fingerprint density at radius 3 is 3.00 bits per heavy atom. The van der Waals surface area contributed by atoms with E-state index >= 15 is 0 Å². The summed E-state index contributed by atoms with van der Waals surface area (Å²) in [6.45, 7) is 2.02. The van der Waals surface area contributed by atoms with Gasteiger partial charge in [0.2, 0.25) is 0 Å². The number of rotatable bonds is 5. The first-order valence-electron chi connectivity index (χ1n) is 6.60. The van der Waals surface area contributed by atoms with Gasteiger partial charge in [0.25, 0.3) is 0 Å². The zero-order chi connectivity index (χ0) is 14.3. The van der Waals surface area contributed by atoms with Gasteiger partial charge in [0, 0.05) is 5.75 Å². The van der Waals surface area contributed by atoms with E-state index in [4.69, 9.17) is 5.73 Å². The van der Waals surface area contributed by atoms with E-state index in [1.807, 2.05) is 25.1 Å². The highest BCUT2D eigenvalue weighted by Crippen LogP contribution is 2.41. The average molecular weight is 291 g/mol. The fraction of sp³-hybridized carbons (Fsp3) is 0.429. The third-order valence-electron chi connectivity index (χ3n) is 3.77. The molecule has 0 bridgehead atoms. The Hall–Kier alpha value is -1.53. The highest BCUT2D eigenvalue weighted by atomic mass is 32.2. The van der Waals surface area contributed by atoms with Crippen LogP contribution in [0, 0.1) is 12.8 Å². The van der Waals surface area contributed by atoms with Gasteiger partial charge in [-0.25, -0.2) is 4.98 Å². The van der Waals surface area contributed by atoms with E-state index in [2.05, 4.69) is 9.97 Å². The van der Waals surface area contributed by atoms with E-state index in [1.54, 1.807) is 0 Å². The standard InChI is InChI=1S/C14H17N3O2S/c1-8-2-5-10-11(6-8)17-13(16-10)20-7-14(15,12(18)19)9-3-4-9/h2,5-6,9H,3-4,7,15H2,1H3,(H,16,17)(H,18,19). The van der Waals surface area contributed by atoms with Gasteiger partial charge in [-0.2, -0.15) is 0 Å². The number of imidazole rings is 1. The van der Waals surface area contributed by atoms with Gasteiger partial charge < -0.3 is 15.8 Å². The van der Waals surface area contributed by atoms with Crippen molar-refractivity contribution in [2.75, 3.05) is 5.75 Å². The van der Waals surface area contributed by atoms with Crippen molar-refractivity contribution in [2.45, 2.75) is 30.5 Å². The number of hydrogen-bond acceptors (Lipinski definition) is 4. The van der Waals surface area contributed by atoms with Crippen molar-refractivity contribution in [2.24, 2.45) is 11.7 Å². The average Bonchev–Trinajstić information content (AvgIpc) is 3.17. The molecule has 1 aromatic carbocycles. The van der Waals surface area contributed by atoms with Crippen LogP contribution in [0.5, 0.6) is 0 Å². The smallest absolute Gasteiger partial charge is 0.324 e. The van der Waals surface area contributed by atoms with Crippen LogP contribution in [0.3, 0.4) is 0 Å². The van der Waals surface area contributed by atoms with Crippen molar-refractivity contribution < 1.29 is 9.90 Å². The normalized spacial score (nSPS) is 18.1. The lowest BCUT2D eigenvalue weighted by Crippen LogP contribution is -2.52. The van der Waals surface area contributed by atoms with Gasteiger partial charge in [0.05, 0.1) is 11.0 Å². The van der Waals surface area contributed by atoms with Gasteiger partial charge in [-0.1, -0.05) is 17.8 Å². The molecule has 0 spiro atoms. The van der Waals surface area contributed by atoms with Gasteiger partial charge in [-0.05, 0) is 43.4 Å². The number of H-pyrrole nitrogens is 1. The Morgan fingerprint density at radius 1 is 1.60 bits per heavy atom. The Kier molecular flexibility index (Phi) is 3.22. The summed E-state index contributed by atoms with van der Waals surface area (Å²) in [6.07, 6.45) is 1.81. The number of nitrogens with two attached hydrogens (primary N) is 1. The number of carboxylic acid groups (broad SMARTS) is 1. The van der Waals surface area contributed by atoms with Gasteiger partial charge in [0.1, 0.15) is 5.54 Å². The molecule has 5 nitrogen and oxygen atoms in total. The van der Waals surface area contributed by atoms with Crippen LogP contribution in [0.2, 0.25) is 0 Å². The molecule has 1 atom stereocenters. The lowest BCUT2D eigenvalue weighted by atomic mass is 9.98. The van der Waals surface area contributed by atoms with Crippen LogP contribution >= 0.6 is 11.8 Å².